The normalized spacial score (nSPS) is 18.0. The van der Waals surface area contributed by atoms with E-state index in [2.05, 4.69) is 16.9 Å². The number of amides is 2. The minimum Gasteiger partial charge on any atom is -0.326 e. The standard InChI is InChI=1S/C20H18FN3O2S/c1-2-12-24-19(26)17(27-20(24)23-15-6-4-3-5-7-15)13-18(25)22-16-10-8-14(21)9-11-16/h2-11,17H,1,12-13H2,(H,22,25). The van der Waals surface area contributed by atoms with E-state index in [1.165, 1.54) is 40.9 Å². The number of carbonyl (C=O) groups excluding carboxylic acids is 2. The van der Waals surface area contributed by atoms with Crippen molar-refractivity contribution in [3.63, 3.8) is 0 Å². The Morgan fingerprint density at radius 3 is 2.59 bits per heavy atom. The first kappa shape index (κ1) is 18.8. The molecule has 1 fully saturated rings. The van der Waals surface area contributed by atoms with Gasteiger partial charge in [-0.2, -0.15) is 0 Å². The van der Waals surface area contributed by atoms with E-state index in [0.29, 0.717) is 17.4 Å². The van der Waals surface area contributed by atoms with Gasteiger partial charge in [0.05, 0.1) is 5.69 Å². The monoisotopic (exact) mass is 383 g/mol. The van der Waals surface area contributed by atoms with E-state index < -0.39 is 5.25 Å². The van der Waals surface area contributed by atoms with Gasteiger partial charge in [0, 0.05) is 18.7 Å². The summed E-state index contributed by atoms with van der Waals surface area (Å²) in [5.74, 6) is -0.868. The van der Waals surface area contributed by atoms with Crippen molar-refractivity contribution in [1.29, 1.82) is 0 Å². The molecule has 2 amide bonds. The Morgan fingerprint density at radius 1 is 1.22 bits per heavy atom. The molecule has 3 rings (SSSR count). The Bertz CT molecular complexity index is 869. The topological polar surface area (TPSA) is 61.8 Å². The number of benzene rings is 2. The maximum absolute atomic E-state index is 13.0. The van der Waals surface area contributed by atoms with E-state index in [1.54, 1.807) is 6.08 Å². The van der Waals surface area contributed by atoms with Crippen LogP contribution in [-0.4, -0.2) is 33.7 Å². The highest BCUT2D eigenvalue weighted by Gasteiger charge is 2.38. The number of nitrogens with one attached hydrogen (secondary N) is 1. The van der Waals surface area contributed by atoms with Crippen molar-refractivity contribution >= 4 is 40.1 Å². The lowest BCUT2D eigenvalue weighted by atomic mass is 10.2. The molecule has 0 aliphatic carbocycles. The third-order valence-corrected chi connectivity index (χ3v) is 4.99. The summed E-state index contributed by atoms with van der Waals surface area (Å²) in [5, 5.41) is 2.66. The van der Waals surface area contributed by atoms with Crippen molar-refractivity contribution in [1.82, 2.24) is 4.90 Å². The number of amidine groups is 1. The quantitative estimate of drug-likeness (QED) is 0.768. The number of carbonyl (C=O) groups is 2. The van der Waals surface area contributed by atoms with Gasteiger partial charge >= 0.3 is 0 Å². The van der Waals surface area contributed by atoms with Gasteiger partial charge in [-0.3, -0.25) is 14.5 Å². The summed E-state index contributed by atoms with van der Waals surface area (Å²) >= 11 is 1.26. The maximum Gasteiger partial charge on any atom is 0.242 e. The molecule has 1 N–H and O–H groups in total. The van der Waals surface area contributed by atoms with E-state index in [9.17, 15) is 14.0 Å². The van der Waals surface area contributed by atoms with Crippen molar-refractivity contribution in [2.45, 2.75) is 11.7 Å². The molecule has 0 aromatic heterocycles. The van der Waals surface area contributed by atoms with Crippen molar-refractivity contribution in [3.05, 3.63) is 73.1 Å². The van der Waals surface area contributed by atoms with E-state index in [4.69, 9.17) is 0 Å². The second kappa shape index (κ2) is 8.64. The van der Waals surface area contributed by atoms with Crippen LogP contribution in [0.2, 0.25) is 0 Å². The fourth-order valence-corrected chi connectivity index (χ4v) is 3.72. The van der Waals surface area contributed by atoms with Crippen molar-refractivity contribution in [3.8, 4) is 0 Å². The van der Waals surface area contributed by atoms with Gasteiger partial charge in [0.1, 0.15) is 11.1 Å². The predicted molar refractivity (Wildman–Crippen MR) is 106 cm³/mol. The number of nitrogens with zero attached hydrogens (tertiary/aromatic N) is 2. The largest absolute Gasteiger partial charge is 0.326 e. The van der Waals surface area contributed by atoms with Crippen LogP contribution in [0.3, 0.4) is 0 Å². The second-order valence-electron chi connectivity index (χ2n) is 5.83. The molecular formula is C20H18FN3O2S. The molecular weight excluding hydrogens is 365 g/mol. The molecule has 138 valence electrons. The Labute approximate surface area is 161 Å². The number of thioether (sulfide) groups is 1. The van der Waals surface area contributed by atoms with Crippen LogP contribution in [0.4, 0.5) is 15.8 Å². The third kappa shape index (κ3) is 4.83. The lowest BCUT2D eigenvalue weighted by molar-refractivity contribution is -0.127. The van der Waals surface area contributed by atoms with Crippen LogP contribution in [0.1, 0.15) is 6.42 Å². The number of hydrogen-bond acceptors (Lipinski definition) is 4. The molecule has 5 nitrogen and oxygen atoms in total. The van der Waals surface area contributed by atoms with E-state index >= 15 is 0 Å². The second-order valence-corrected chi connectivity index (χ2v) is 7.00. The van der Waals surface area contributed by atoms with Gasteiger partial charge in [-0.25, -0.2) is 9.38 Å². The van der Waals surface area contributed by atoms with Crippen molar-refractivity contribution in [2.24, 2.45) is 4.99 Å². The first-order valence-corrected chi connectivity index (χ1v) is 9.23. The zero-order valence-corrected chi connectivity index (χ0v) is 15.3. The predicted octanol–water partition coefficient (Wildman–Crippen LogP) is 3.97. The number of anilines is 1. The minimum atomic E-state index is -0.562. The summed E-state index contributed by atoms with van der Waals surface area (Å²) in [6.45, 7) is 4.01. The number of para-hydroxylation sites is 1. The van der Waals surface area contributed by atoms with Gasteiger partial charge < -0.3 is 5.32 Å². The lowest BCUT2D eigenvalue weighted by Crippen LogP contribution is -2.33. The first-order valence-electron chi connectivity index (χ1n) is 8.35. The van der Waals surface area contributed by atoms with Crippen LogP contribution in [-0.2, 0) is 9.59 Å². The van der Waals surface area contributed by atoms with Gasteiger partial charge in [-0.15, -0.1) is 6.58 Å². The van der Waals surface area contributed by atoms with E-state index in [0.717, 1.165) is 5.69 Å². The van der Waals surface area contributed by atoms with Crippen LogP contribution in [0, 0.1) is 5.82 Å². The van der Waals surface area contributed by atoms with Gasteiger partial charge in [-0.05, 0) is 36.4 Å². The summed E-state index contributed by atoms with van der Waals surface area (Å²) in [6.07, 6.45) is 1.63. The molecule has 1 unspecified atom stereocenters. The molecule has 1 heterocycles. The molecule has 0 spiro atoms. The number of rotatable bonds is 6. The van der Waals surface area contributed by atoms with Gasteiger partial charge in [0.25, 0.3) is 0 Å². The Morgan fingerprint density at radius 2 is 1.93 bits per heavy atom. The van der Waals surface area contributed by atoms with Crippen LogP contribution < -0.4 is 5.32 Å². The zero-order chi connectivity index (χ0) is 19.2. The third-order valence-electron chi connectivity index (χ3n) is 3.81. The first-order chi connectivity index (χ1) is 13.1. The highest BCUT2D eigenvalue weighted by Crippen LogP contribution is 2.31. The minimum absolute atomic E-state index is 0.00231. The van der Waals surface area contributed by atoms with Crippen LogP contribution >= 0.6 is 11.8 Å². The smallest absolute Gasteiger partial charge is 0.242 e. The van der Waals surface area contributed by atoms with Crippen LogP contribution in [0.5, 0.6) is 0 Å². The Hall–Kier alpha value is -2.93. The maximum atomic E-state index is 13.0. The molecule has 0 saturated carbocycles. The fraction of sp³-hybridized carbons (Fsp3) is 0.150. The van der Waals surface area contributed by atoms with Crippen LogP contribution in [0.25, 0.3) is 0 Å². The number of halogens is 1. The summed E-state index contributed by atoms with van der Waals surface area (Å²) in [5.41, 5.74) is 1.22. The Balaban J connectivity index is 1.71. The Kier molecular flexibility index (Phi) is 6.03. The van der Waals surface area contributed by atoms with Gasteiger partial charge in [0.15, 0.2) is 5.17 Å². The van der Waals surface area contributed by atoms with Crippen LogP contribution in [0.15, 0.2) is 72.2 Å². The summed E-state index contributed by atoms with van der Waals surface area (Å²) in [4.78, 5) is 31.0. The average molecular weight is 383 g/mol. The van der Waals surface area contributed by atoms with Crippen molar-refractivity contribution < 1.29 is 14.0 Å². The zero-order valence-electron chi connectivity index (χ0n) is 14.5. The molecule has 1 atom stereocenters. The molecule has 7 heteroatoms. The molecule has 1 aliphatic heterocycles. The molecule has 1 saturated heterocycles. The molecule has 2 aromatic rings. The van der Waals surface area contributed by atoms with E-state index in [1.807, 2.05) is 30.3 Å². The SMILES string of the molecule is C=CCN1C(=O)C(CC(=O)Nc2ccc(F)cc2)SC1=Nc1ccccc1. The molecule has 0 radical (unpaired) electrons. The summed E-state index contributed by atoms with van der Waals surface area (Å²) in [6, 6.07) is 14.8. The van der Waals surface area contributed by atoms with Crippen molar-refractivity contribution in [2.75, 3.05) is 11.9 Å². The highest BCUT2D eigenvalue weighted by molar-refractivity contribution is 8.15. The number of aliphatic imine (C=N–C) groups is 1. The van der Waals surface area contributed by atoms with Gasteiger partial charge in [-0.1, -0.05) is 36.0 Å². The van der Waals surface area contributed by atoms with E-state index in [-0.39, 0.29) is 24.1 Å². The molecule has 27 heavy (non-hydrogen) atoms. The fourth-order valence-electron chi connectivity index (χ4n) is 2.55. The molecule has 0 bridgehead atoms. The van der Waals surface area contributed by atoms with Gasteiger partial charge in [0.2, 0.25) is 11.8 Å². The average Bonchev–Trinajstić information content (AvgIpc) is 2.93. The number of hydrogen-bond donors (Lipinski definition) is 1. The summed E-state index contributed by atoms with van der Waals surface area (Å²) in [7, 11) is 0. The highest BCUT2D eigenvalue weighted by atomic mass is 32.2. The molecule has 1 aliphatic rings. The summed E-state index contributed by atoms with van der Waals surface area (Å²) < 4.78 is 13.0. The molecule has 2 aromatic carbocycles. The lowest BCUT2D eigenvalue weighted by Gasteiger charge is -2.13.